The molecule has 1 aromatic rings. The molecule has 1 saturated heterocycles. The van der Waals surface area contributed by atoms with Crippen LogP contribution in [0.4, 0.5) is 5.69 Å². The second-order valence-corrected chi connectivity index (χ2v) is 6.80. The number of carbonyl (C=O) groups excluding carboxylic acids is 1. The fourth-order valence-corrected chi connectivity index (χ4v) is 3.00. The summed E-state index contributed by atoms with van der Waals surface area (Å²) in [6.07, 6.45) is 2.32. The van der Waals surface area contributed by atoms with Crippen molar-refractivity contribution in [1.29, 1.82) is 0 Å². The summed E-state index contributed by atoms with van der Waals surface area (Å²) in [5.74, 6) is 0.503. The van der Waals surface area contributed by atoms with E-state index < -0.39 is 0 Å². The van der Waals surface area contributed by atoms with E-state index in [0.29, 0.717) is 25.1 Å². The van der Waals surface area contributed by atoms with Gasteiger partial charge in [0.15, 0.2) is 5.96 Å². The molecule has 2 N–H and O–H groups in total. The number of anilines is 1. The molecule has 7 heteroatoms. The lowest BCUT2D eigenvalue weighted by atomic mass is 10.2. The first-order chi connectivity index (χ1) is 11.5. The first kappa shape index (κ1) is 16.9. The minimum absolute atomic E-state index is 0.0397. The average Bonchev–Trinajstić information content (AvgIpc) is 3.44. The number of halogens is 1. The van der Waals surface area contributed by atoms with Gasteiger partial charge in [0, 0.05) is 50.0 Å². The van der Waals surface area contributed by atoms with Crippen molar-refractivity contribution in [2.75, 3.05) is 44.7 Å². The molecule has 1 aliphatic heterocycles. The summed E-state index contributed by atoms with van der Waals surface area (Å²) < 4.78 is 0. The maximum atomic E-state index is 12.3. The van der Waals surface area contributed by atoms with E-state index in [1.54, 1.807) is 0 Å². The summed E-state index contributed by atoms with van der Waals surface area (Å²) in [5.41, 5.74) is 7.07. The predicted octanol–water partition coefficient (Wildman–Crippen LogP) is 1.40. The first-order valence-corrected chi connectivity index (χ1v) is 8.73. The summed E-state index contributed by atoms with van der Waals surface area (Å²) in [7, 11) is 1.94. The molecule has 2 fully saturated rings. The maximum absolute atomic E-state index is 12.3. The smallest absolute Gasteiger partial charge is 0.244 e. The Bertz CT molecular complexity index is 606. The van der Waals surface area contributed by atoms with E-state index in [9.17, 15) is 4.79 Å². The predicted molar refractivity (Wildman–Crippen MR) is 97.5 cm³/mol. The molecular weight excluding hydrogens is 326 g/mol. The highest BCUT2D eigenvalue weighted by Gasteiger charge is 2.27. The molecule has 130 valence electrons. The van der Waals surface area contributed by atoms with Gasteiger partial charge in [-0.2, -0.15) is 0 Å². The van der Waals surface area contributed by atoms with E-state index in [1.165, 1.54) is 0 Å². The zero-order valence-electron chi connectivity index (χ0n) is 14.0. The highest BCUT2D eigenvalue weighted by atomic mass is 35.5. The summed E-state index contributed by atoms with van der Waals surface area (Å²) >= 11 is 5.92. The van der Waals surface area contributed by atoms with Crippen molar-refractivity contribution in [2.45, 2.75) is 18.9 Å². The first-order valence-electron chi connectivity index (χ1n) is 8.35. The molecule has 0 bridgehead atoms. The Labute approximate surface area is 147 Å². The fraction of sp³-hybridized carbons (Fsp3) is 0.529. The van der Waals surface area contributed by atoms with Crippen LogP contribution in [0.1, 0.15) is 12.8 Å². The van der Waals surface area contributed by atoms with Crippen LogP contribution in [0.2, 0.25) is 5.02 Å². The zero-order valence-corrected chi connectivity index (χ0v) is 14.7. The Morgan fingerprint density at radius 3 is 2.46 bits per heavy atom. The summed E-state index contributed by atoms with van der Waals surface area (Å²) in [6, 6.07) is 8.31. The Morgan fingerprint density at radius 2 is 1.88 bits per heavy atom. The number of benzene rings is 1. The molecule has 1 heterocycles. The number of guanidine groups is 1. The number of aliphatic imine (C=N–C) groups is 1. The molecule has 1 aliphatic carbocycles. The van der Waals surface area contributed by atoms with Gasteiger partial charge in [0.05, 0.1) is 0 Å². The highest BCUT2D eigenvalue weighted by Crippen LogP contribution is 2.24. The van der Waals surface area contributed by atoms with Crippen molar-refractivity contribution in [3.63, 3.8) is 0 Å². The van der Waals surface area contributed by atoms with Crippen molar-refractivity contribution < 1.29 is 4.79 Å². The number of carbonyl (C=O) groups is 1. The van der Waals surface area contributed by atoms with Crippen LogP contribution in [0.5, 0.6) is 0 Å². The Hall–Kier alpha value is -1.95. The van der Waals surface area contributed by atoms with Gasteiger partial charge in [-0.3, -0.25) is 4.79 Å². The van der Waals surface area contributed by atoms with E-state index in [4.69, 9.17) is 17.3 Å². The Morgan fingerprint density at radius 1 is 1.25 bits per heavy atom. The third-order valence-corrected chi connectivity index (χ3v) is 4.91. The average molecular weight is 350 g/mol. The van der Waals surface area contributed by atoms with Crippen molar-refractivity contribution in [2.24, 2.45) is 10.7 Å². The van der Waals surface area contributed by atoms with Crippen LogP contribution in [0.3, 0.4) is 0 Å². The number of amides is 1. The Balaban J connectivity index is 1.48. The Kier molecular flexibility index (Phi) is 5.14. The normalized spacial score (nSPS) is 18.7. The van der Waals surface area contributed by atoms with Gasteiger partial charge in [0.1, 0.15) is 6.54 Å². The number of piperazine rings is 1. The fourth-order valence-electron chi connectivity index (χ4n) is 2.88. The molecule has 2 aliphatic rings. The molecule has 1 aromatic carbocycles. The maximum Gasteiger partial charge on any atom is 0.244 e. The number of hydrogen-bond donors (Lipinski definition) is 1. The number of hydrogen-bond acceptors (Lipinski definition) is 3. The molecule has 3 rings (SSSR count). The molecule has 6 nitrogen and oxygen atoms in total. The van der Waals surface area contributed by atoms with Crippen LogP contribution in [0.15, 0.2) is 29.3 Å². The summed E-state index contributed by atoms with van der Waals surface area (Å²) in [6.45, 7) is 3.16. The van der Waals surface area contributed by atoms with Crippen molar-refractivity contribution in [3.8, 4) is 0 Å². The number of rotatable bonds is 4. The van der Waals surface area contributed by atoms with E-state index >= 15 is 0 Å². The molecular formula is C17H24ClN5O. The monoisotopic (exact) mass is 349 g/mol. The van der Waals surface area contributed by atoms with E-state index in [2.05, 4.69) is 9.89 Å². The van der Waals surface area contributed by atoms with E-state index in [1.807, 2.05) is 41.1 Å². The SMILES string of the molecule is CN(C(N)=NCC(=O)N1CCN(c2ccc(Cl)cc2)CC1)C1CC1. The lowest BCUT2D eigenvalue weighted by Gasteiger charge is -2.36. The minimum atomic E-state index is 0.0397. The molecule has 0 aromatic heterocycles. The lowest BCUT2D eigenvalue weighted by Crippen LogP contribution is -2.49. The van der Waals surface area contributed by atoms with Crippen LogP contribution in [0.25, 0.3) is 0 Å². The molecule has 24 heavy (non-hydrogen) atoms. The molecule has 1 amide bonds. The van der Waals surface area contributed by atoms with Crippen molar-refractivity contribution in [1.82, 2.24) is 9.80 Å². The van der Waals surface area contributed by atoms with Gasteiger partial charge in [-0.25, -0.2) is 4.99 Å². The van der Waals surface area contributed by atoms with Crippen LogP contribution in [0, 0.1) is 0 Å². The van der Waals surface area contributed by atoms with Crippen LogP contribution >= 0.6 is 11.6 Å². The highest BCUT2D eigenvalue weighted by molar-refractivity contribution is 6.30. The van der Waals surface area contributed by atoms with Gasteiger partial charge >= 0.3 is 0 Å². The third-order valence-electron chi connectivity index (χ3n) is 4.66. The number of nitrogens with two attached hydrogens (primary N) is 1. The second-order valence-electron chi connectivity index (χ2n) is 6.36. The third kappa shape index (κ3) is 4.12. The summed E-state index contributed by atoms with van der Waals surface area (Å²) in [4.78, 5) is 22.6. The molecule has 1 saturated carbocycles. The van der Waals surface area contributed by atoms with Gasteiger partial charge in [-0.1, -0.05) is 11.6 Å². The van der Waals surface area contributed by atoms with Gasteiger partial charge in [0.2, 0.25) is 5.91 Å². The van der Waals surface area contributed by atoms with Crippen LogP contribution in [-0.4, -0.2) is 67.5 Å². The summed E-state index contributed by atoms with van der Waals surface area (Å²) in [5, 5.41) is 0.735. The van der Waals surface area contributed by atoms with Gasteiger partial charge in [-0.15, -0.1) is 0 Å². The minimum Gasteiger partial charge on any atom is -0.370 e. The van der Waals surface area contributed by atoms with Crippen molar-refractivity contribution >= 4 is 29.2 Å². The van der Waals surface area contributed by atoms with Gasteiger partial charge < -0.3 is 20.4 Å². The van der Waals surface area contributed by atoms with Crippen molar-refractivity contribution in [3.05, 3.63) is 29.3 Å². The molecule has 0 radical (unpaired) electrons. The van der Waals surface area contributed by atoms with Crippen LogP contribution in [-0.2, 0) is 4.79 Å². The van der Waals surface area contributed by atoms with E-state index in [0.717, 1.165) is 36.6 Å². The topological polar surface area (TPSA) is 65.2 Å². The second kappa shape index (κ2) is 7.30. The number of nitrogens with zero attached hydrogens (tertiary/aromatic N) is 4. The largest absolute Gasteiger partial charge is 0.370 e. The zero-order chi connectivity index (χ0) is 17.1. The quantitative estimate of drug-likeness (QED) is 0.659. The molecule has 0 spiro atoms. The standard InChI is InChI=1S/C17H24ClN5O/c1-21(14-6-7-14)17(19)20-12-16(24)23-10-8-22(9-11-23)15-4-2-13(18)3-5-15/h2-5,14H,6-12H2,1H3,(H2,19,20). The molecule has 0 atom stereocenters. The van der Waals surface area contributed by atoms with E-state index in [-0.39, 0.29) is 12.5 Å². The van der Waals surface area contributed by atoms with Gasteiger partial charge in [0.25, 0.3) is 0 Å². The van der Waals surface area contributed by atoms with Crippen LogP contribution < -0.4 is 10.6 Å². The lowest BCUT2D eigenvalue weighted by molar-refractivity contribution is -0.129. The molecule has 0 unspecified atom stereocenters. The van der Waals surface area contributed by atoms with Gasteiger partial charge in [-0.05, 0) is 37.1 Å².